The van der Waals surface area contributed by atoms with E-state index >= 15 is 0 Å². The van der Waals surface area contributed by atoms with Gasteiger partial charge >= 0.3 is 0 Å². The van der Waals surface area contributed by atoms with Crippen LogP contribution in [0.25, 0.3) is 0 Å². The summed E-state index contributed by atoms with van der Waals surface area (Å²) in [6.07, 6.45) is 5.27. The predicted molar refractivity (Wildman–Crippen MR) is 110 cm³/mol. The van der Waals surface area contributed by atoms with Gasteiger partial charge in [0, 0.05) is 25.8 Å². The van der Waals surface area contributed by atoms with Crippen molar-refractivity contribution in [3.63, 3.8) is 0 Å². The molecule has 2 heterocycles. The molecule has 2 aromatic rings. The Bertz CT molecular complexity index is 839. The molecule has 0 spiro atoms. The van der Waals surface area contributed by atoms with Crippen LogP contribution in [0.1, 0.15) is 23.2 Å². The smallest absolute Gasteiger partial charge is 0.257 e. The Labute approximate surface area is 173 Å². The van der Waals surface area contributed by atoms with E-state index in [0.29, 0.717) is 36.9 Å². The highest BCUT2D eigenvalue weighted by Gasteiger charge is 2.25. The largest absolute Gasteiger partial charge is 0.484 e. The van der Waals surface area contributed by atoms with Crippen molar-refractivity contribution in [2.24, 2.45) is 5.92 Å². The summed E-state index contributed by atoms with van der Waals surface area (Å²) in [4.78, 5) is 30.8. The van der Waals surface area contributed by atoms with E-state index in [-0.39, 0.29) is 24.2 Å². The molecule has 1 N–H and O–H groups in total. The fourth-order valence-electron chi connectivity index (χ4n) is 3.22. The highest BCUT2D eigenvalue weighted by Crippen LogP contribution is 2.22. The monoisotopic (exact) mass is 417 g/mol. The van der Waals surface area contributed by atoms with E-state index < -0.39 is 0 Å². The molecule has 0 saturated carbocycles. The first-order valence-electron chi connectivity index (χ1n) is 9.50. The third kappa shape index (κ3) is 5.93. The van der Waals surface area contributed by atoms with Gasteiger partial charge in [-0.15, -0.1) is 11.8 Å². The molecule has 29 heavy (non-hydrogen) atoms. The van der Waals surface area contributed by atoms with Crippen molar-refractivity contribution in [1.29, 1.82) is 0 Å². The molecule has 0 unspecified atom stereocenters. The van der Waals surface area contributed by atoms with Gasteiger partial charge < -0.3 is 15.0 Å². The number of nitrogens with zero attached hydrogens (tertiary/aromatic N) is 2. The number of pyridine rings is 1. The fourth-order valence-corrected chi connectivity index (χ4v) is 3.76. The summed E-state index contributed by atoms with van der Waals surface area (Å²) in [5, 5.41) is 3.62. The average Bonchev–Trinajstić information content (AvgIpc) is 2.77. The Morgan fingerprint density at radius 1 is 1.24 bits per heavy atom. The molecule has 8 heteroatoms. The zero-order valence-corrected chi connectivity index (χ0v) is 17.1. The Morgan fingerprint density at radius 2 is 1.97 bits per heavy atom. The number of hydrogen-bond donors (Lipinski definition) is 1. The van der Waals surface area contributed by atoms with Crippen LogP contribution in [-0.2, 0) is 4.79 Å². The van der Waals surface area contributed by atoms with Crippen molar-refractivity contribution in [2.75, 3.05) is 32.5 Å². The summed E-state index contributed by atoms with van der Waals surface area (Å²) in [7, 11) is 0. The predicted octanol–water partition coefficient (Wildman–Crippen LogP) is 2.99. The van der Waals surface area contributed by atoms with Gasteiger partial charge in [-0.25, -0.2) is 9.37 Å². The van der Waals surface area contributed by atoms with Crippen LogP contribution in [0.5, 0.6) is 5.75 Å². The highest BCUT2D eigenvalue weighted by molar-refractivity contribution is 7.98. The number of carbonyl (C=O) groups is 2. The first-order valence-corrected chi connectivity index (χ1v) is 10.7. The molecular weight excluding hydrogens is 393 g/mol. The summed E-state index contributed by atoms with van der Waals surface area (Å²) in [5.41, 5.74) is 0.643. The van der Waals surface area contributed by atoms with Crippen molar-refractivity contribution in [3.05, 3.63) is 54.0 Å². The first kappa shape index (κ1) is 21.1. The van der Waals surface area contributed by atoms with Crippen molar-refractivity contribution in [3.8, 4) is 5.75 Å². The molecule has 2 amide bonds. The molecule has 0 atom stereocenters. The topological polar surface area (TPSA) is 71.5 Å². The summed E-state index contributed by atoms with van der Waals surface area (Å²) >= 11 is 1.47. The molecule has 0 bridgehead atoms. The van der Waals surface area contributed by atoms with Crippen LogP contribution in [0.15, 0.2) is 47.6 Å². The van der Waals surface area contributed by atoms with Crippen molar-refractivity contribution >= 4 is 23.6 Å². The number of rotatable bonds is 7. The number of nitrogens with one attached hydrogen (secondary N) is 1. The number of thioether (sulfide) groups is 1. The number of piperidine rings is 1. The number of amides is 2. The van der Waals surface area contributed by atoms with E-state index in [1.165, 1.54) is 36.0 Å². The minimum Gasteiger partial charge on any atom is -0.484 e. The second-order valence-corrected chi connectivity index (χ2v) is 7.64. The van der Waals surface area contributed by atoms with Crippen LogP contribution in [0, 0.1) is 11.7 Å². The van der Waals surface area contributed by atoms with E-state index in [1.807, 2.05) is 17.2 Å². The van der Waals surface area contributed by atoms with Gasteiger partial charge in [0.25, 0.3) is 11.8 Å². The average molecular weight is 418 g/mol. The molecule has 1 aromatic heterocycles. The van der Waals surface area contributed by atoms with Crippen LogP contribution in [0.3, 0.4) is 0 Å². The van der Waals surface area contributed by atoms with Crippen LogP contribution in [0.2, 0.25) is 0 Å². The molecule has 0 aliphatic carbocycles. The lowest BCUT2D eigenvalue weighted by atomic mass is 9.96. The van der Waals surface area contributed by atoms with E-state index in [1.54, 1.807) is 12.3 Å². The lowest BCUT2D eigenvalue weighted by molar-refractivity contribution is -0.123. The number of likely N-dealkylation sites (tertiary alicyclic amines) is 1. The first-order chi connectivity index (χ1) is 14.1. The maximum atomic E-state index is 12.9. The summed E-state index contributed by atoms with van der Waals surface area (Å²) in [5.74, 6) is 0.224. The van der Waals surface area contributed by atoms with E-state index in [4.69, 9.17) is 4.74 Å². The van der Waals surface area contributed by atoms with Crippen LogP contribution in [-0.4, -0.2) is 54.2 Å². The maximum absolute atomic E-state index is 12.9. The fraction of sp³-hybridized carbons (Fsp3) is 0.381. The lowest BCUT2D eigenvalue weighted by Gasteiger charge is -2.32. The summed E-state index contributed by atoms with van der Waals surface area (Å²) < 4.78 is 18.2. The number of benzene rings is 1. The molecule has 3 rings (SSSR count). The third-order valence-electron chi connectivity index (χ3n) is 4.87. The van der Waals surface area contributed by atoms with E-state index in [2.05, 4.69) is 10.3 Å². The zero-order chi connectivity index (χ0) is 20.6. The van der Waals surface area contributed by atoms with Gasteiger partial charge in [-0.05, 0) is 61.4 Å². The second-order valence-electron chi connectivity index (χ2n) is 6.84. The number of halogens is 1. The highest BCUT2D eigenvalue weighted by atomic mass is 32.2. The van der Waals surface area contributed by atoms with Crippen molar-refractivity contribution < 1.29 is 18.7 Å². The van der Waals surface area contributed by atoms with Gasteiger partial charge in [-0.1, -0.05) is 0 Å². The second kappa shape index (κ2) is 10.2. The Hall–Kier alpha value is -2.61. The normalized spacial score (nSPS) is 14.5. The molecule has 6 nitrogen and oxygen atoms in total. The van der Waals surface area contributed by atoms with Gasteiger partial charge in [0.1, 0.15) is 16.6 Å². The molecule has 1 saturated heterocycles. The minimum absolute atomic E-state index is 0.0117. The minimum atomic E-state index is -0.347. The molecule has 154 valence electrons. The van der Waals surface area contributed by atoms with Gasteiger partial charge in [0.15, 0.2) is 6.61 Å². The number of aromatic nitrogens is 1. The van der Waals surface area contributed by atoms with Gasteiger partial charge in [-0.2, -0.15) is 0 Å². The number of carbonyl (C=O) groups excluding carboxylic acids is 2. The van der Waals surface area contributed by atoms with Gasteiger partial charge in [-0.3, -0.25) is 9.59 Å². The SMILES string of the molecule is CSc1ncccc1C(=O)N1CCC(CNC(=O)COc2ccc(F)cc2)CC1. The zero-order valence-electron chi connectivity index (χ0n) is 16.3. The summed E-state index contributed by atoms with van der Waals surface area (Å²) in [6, 6.07) is 9.14. The Morgan fingerprint density at radius 3 is 2.66 bits per heavy atom. The van der Waals surface area contributed by atoms with Crippen LogP contribution < -0.4 is 10.1 Å². The van der Waals surface area contributed by atoms with E-state index in [9.17, 15) is 14.0 Å². The van der Waals surface area contributed by atoms with Crippen LogP contribution >= 0.6 is 11.8 Å². The molecular formula is C21H24FN3O3S. The van der Waals surface area contributed by atoms with Gasteiger partial charge in [0.05, 0.1) is 5.56 Å². The lowest BCUT2D eigenvalue weighted by Crippen LogP contribution is -2.42. The summed E-state index contributed by atoms with van der Waals surface area (Å²) in [6.45, 7) is 1.76. The maximum Gasteiger partial charge on any atom is 0.257 e. The van der Waals surface area contributed by atoms with E-state index in [0.717, 1.165) is 17.9 Å². The number of ether oxygens (including phenoxy) is 1. The van der Waals surface area contributed by atoms with Crippen LogP contribution in [0.4, 0.5) is 4.39 Å². The molecule has 0 radical (unpaired) electrons. The molecule has 1 aliphatic rings. The van der Waals surface area contributed by atoms with Crippen molar-refractivity contribution in [1.82, 2.24) is 15.2 Å². The van der Waals surface area contributed by atoms with Crippen molar-refractivity contribution in [2.45, 2.75) is 17.9 Å². The Kier molecular flexibility index (Phi) is 7.46. The molecule has 1 aliphatic heterocycles. The van der Waals surface area contributed by atoms with Gasteiger partial charge in [0.2, 0.25) is 0 Å². The standard InChI is InChI=1S/C21H24FN3O3S/c1-29-20-18(3-2-10-23-20)21(27)25-11-8-15(9-12-25)13-24-19(26)14-28-17-6-4-16(22)5-7-17/h2-7,10,15H,8-9,11-14H2,1H3,(H,24,26). The third-order valence-corrected chi connectivity index (χ3v) is 5.58. The Balaban J connectivity index is 1.40. The number of hydrogen-bond acceptors (Lipinski definition) is 5. The quantitative estimate of drug-likeness (QED) is 0.702. The molecule has 1 fully saturated rings. The molecule has 1 aromatic carbocycles.